The molecule has 0 fully saturated rings. The number of rotatable bonds is 26. The third kappa shape index (κ3) is 19.0. The fraction of sp³-hybridized carbons (Fsp3) is 0.370. The molecule has 10 rings (SSSR count). The number of alkyl halides is 6. The average molecular weight is 1380 g/mol. The van der Waals surface area contributed by atoms with Gasteiger partial charge in [-0.3, -0.25) is 19.2 Å². The first-order chi connectivity index (χ1) is 59.6. The Labute approximate surface area is 609 Å². The van der Waals surface area contributed by atoms with E-state index in [4.69, 9.17) is 39.8 Å². The topological polar surface area (TPSA) is 117 Å². The molecule has 2 amide bonds. The molecule has 22 heteroatoms. The number of nitrogens with zero attached hydrogens (tertiary/aromatic N) is 8. The summed E-state index contributed by atoms with van der Waals surface area (Å²) in [5.74, 6) is -6.47. The highest BCUT2D eigenvalue weighted by atomic mass is 32.2. The molecular weight excluding hydrogens is 1270 g/mol. The van der Waals surface area contributed by atoms with Crippen LogP contribution in [0.3, 0.4) is 0 Å². The van der Waals surface area contributed by atoms with Crippen LogP contribution in [-0.4, -0.2) is 103 Å². The normalized spacial score (nSPS) is 21.6. The number of likely N-dealkylation sites (N-methyl/N-ethyl adjacent to an activating group) is 2. The number of carbonyl (C=O) groups is 2. The van der Waals surface area contributed by atoms with Crippen LogP contribution in [-0.2, 0) is 84.9 Å². The fourth-order valence-corrected chi connectivity index (χ4v) is 10.3. The quantitative estimate of drug-likeness (QED) is 0.0295. The number of amides is 2. The average Bonchev–Trinajstić information content (AvgIpc) is 1.51. The molecule has 2 aromatic heterocycles. The zero-order valence-corrected chi connectivity index (χ0v) is 52.1. The molecule has 0 unspecified atom stereocenters. The van der Waals surface area contributed by atoms with Crippen molar-refractivity contribution in [2.24, 2.45) is 0 Å². The Morgan fingerprint density at radius 1 is 0.547 bits per heavy atom. The lowest BCUT2D eigenvalue weighted by Gasteiger charge is -2.28. The summed E-state index contributed by atoms with van der Waals surface area (Å²) in [7, 11) is 0. The molecule has 0 N–H and O–H groups in total. The highest BCUT2D eigenvalue weighted by Gasteiger charge is 2.33. The molecule has 0 spiro atoms. The van der Waals surface area contributed by atoms with Crippen LogP contribution in [0.2, 0.25) is 0 Å². The summed E-state index contributed by atoms with van der Waals surface area (Å²) in [5.41, 5.74) is -20.5. The molecule has 95 heavy (non-hydrogen) atoms. The predicted octanol–water partition coefficient (Wildman–Crippen LogP) is 14.7. The third-order valence-electron chi connectivity index (χ3n) is 13.7. The van der Waals surface area contributed by atoms with Crippen LogP contribution < -0.4 is 11.1 Å². The number of carbonyl (C=O) groups excluding carboxylic acids is 2. The lowest BCUT2D eigenvalue weighted by atomic mass is 9.98. The molecule has 12 nitrogen and oxygen atoms in total. The van der Waals surface area contributed by atoms with Gasteiger partial charge in [0.2, 0.25) is 11.8 Å². The van der Waals surface area contributed by atoms with Gasteiger partial charge in [-0.1, -0.05) is 148 Å². The van der Waals surface area contributed by atoms with Gasteiger partial charge in [0.1, 0.15) is 24.6 Å². The van der Waals surface area contributed by atoms with E-state index >= 15 is 4.79 Å². The van der Waals surface area contributed by atoms with Crippen LogP contribution in [0.15, 0.2) is 159 Å². The number of benzene rings is 6. The van der Waals surface area contributed by atoms with Gasteiger partial charge in [-0.15, -0.1) is 0 Å². The Kier molecular flexibility index (Phi) is 12.7. The van der Waals surface area contributed by atoms with Crippen LogP contribution in [0.25, 0.3) is 22.3 Å². The van der Waals surface area contributed by atoms with Gasteiger partial charge in [0.05, 0.1) is 37.2 Å². The molecule has 2 aliphatic rings. The van der Waals surface area contributed by atoms with E-state index in [1.54, 1.807) is 0 Å². The highest BCUT2D eigenvalue weighted by Crippen LogP contribution is 2.36. The van der Waals surface area contributed by atoms with E-state index in [9.17, 15) is 60.5 Å². The molecule has 0 saturated heterocycles. The summed E-state index contributed by atoms with van der Waals surface area (Å²) in [6.07, 6.45) is -21.1. The van der Waals surface area contributed by atoms with Gasteiger partial charge in [0, 0.05) is 97.8 Å². The summed E-state index contributed by atoms with van der Waals surface area (Å²) in [6, 6.07) is -2.07. The number of halogens is 8. The molecule has 0 atom stereocenters. The van der Waals surface area contributed by atoms with E-state index in [-0.39, 0.29) is 69.1 Å². The van der Waals surface area contributed by atoms with Crippen LogP contribution in [0.4, 0.5) is 35.1 Å². The maximum atomic E-state index is 15.2. The van der Waals surface area contributed by atoms with Crippen LogP contribution in [0.5, 0.6) is 0 Å². The van der Waals surface area contributed by atoms with E-state index in [0.29, 0.717) is 30.4 Å². The van der Waals surface area contributed by atoms with Gasteiger partial charge in [-0.05, 0) is 164 Å². The van der Waals surface area contributed by atoms with Crippen LogP contribution in [0, 0.1) is 18.6 Å². The number of fused-ring (bicyclic) bond motifs is 2. The number of aromatic nitrogens is 4. The van der Waals surface area contributed by atoms with Crippen molar-refractivity contribution in [1.82, 2.24) is 38.7 Å². The van der Waals surface area contributed by atoms with Crippen molar-refractivity contribution >= 4 is 35.3 Å². The second-order valence-electron chi connectivity index (χ2n) is 19.8. The second kappa shape index (κ2) is 32.7. The number of thioether (sulfide) groups is 2. The van der Waals surface area contributed by atoms with Crippen molar-refractivity contribution in [1.29, 1.82) is 0 Å². The lowest BCUT2D eigenvalue weighted by Crippen LogP contribution is -2.40. The van der Waals surface area contributed by atoms with Gasteiger partial charge in [0.25, 0.3) is 11.1 Å². The Morgan fingerprint density at radius 2 is 1.04 bits per heavy atom. The molecule has 8 aromatic rings. The second-order valence-corrected chi connectivity index (χ2v) is 21.3. The van der Waals surface area contributed by atoms with Crippen molar-refractivity contribution in [3.8, 4) is 22.3 Å². The summed E-state index contributed by atoms with van der Waals surface area (Å²) in [5, 5.41) is -2.18. The van der Waals surface area contributed by atoms with E-state index in [2.05, 4.69) is 9.97 Å². The first-order valence-electron chi connectivity index (χ1n) is 46.6. The van der Waals surface area contributed by atoms with Gasteiger partial charge in [0.15, 0.2) is 10.3 Å². The van der Waals surface area contributed by atoms with Crippen molar-refractivity contribution in [2.45, 2.75) is 133 Å². The van der Waals surface area contributed by atoms with E-state index in [1.165, 1.54) is 36.4 Å². The molecule has 0 aliphatic heterocycles. The fourth-order valence-electron chi connectivity index (χ4n) is 8.91. The molecular formula is C73H78F8N8O4S2. The van der Waals surface area contributed by atoms with Crippen LogP contribution >= 0.6 is 23.5 Å². The van der Waals surface area contributed by atoms with E-state index in [1.807, 2.05) is 0 Å². The maximum absolute atomic E-state index is 15.2. The monoisotopic (exact) mass is 1380 g/mol. The first kappa shape index (κ1) is 37.0. The SMILES string of the molecule is [2H]c1c([2H])c(C([2H])([2H])N(CCN(C([2H])([2H])C)C([2H])([2H])C)C(=O)C([2H])([2H])n2c(SC([2H])([2H])c3ccc(F)cc3)nc(=O)c3c2C([2H])([2H])C([2H])([2H])C3([2H])[2H])c([2H])c([2H])c1-c1c([2H])c([2H])c(C(F)(F)F)c(C)c1[2H].[2H]c1c([2H])c(C([2H])([2H])Sc2nc(=O)c3c(n2C([2H])([2H])C(=O)N(CCN(C([2H])([2H])C)C([2H])([2H])C)C([2H])([2H])c2ccc(-c4ccc(C(F)(F)F)cc4)cc2)CCC3)c([2H])c([2H])c1F. The van der Waals surface area contributed by atoms with Gasteiger partial charge in [-0.2, -0.15) is 36.3 Å². The minimum absolute atomic E-state index is 0.0504. The van der Waals surface area contributed by atoms with Crippen molar-refractivity contribution in [3.05, 3.63) is 233 Å². The van der Waals surface area contributed by atoms with Gasteiger partial charge < -0.3 is 28.7 Å². The zero-order valence-electron chi connectivity index (χ0n) is 87.4. The Balaban J connectivity index is 0.000000300. The molecule has 0 bridgehead atoms. The number of hydrogen-bond donors (Lipinski definition) is 0. The van der Waals surface area contributed by atoms with E-state index < -0.39 is 288 Å². The Bertz CT molecular complexity index is 5880. The maximum Gasteiger partial charge on any atom is 0.416 e. The summed E-state index contributed by atoms with van der Waals surface area (Å²) in [6.45, 7) is -24.9. The minimum atomic E-state index is -5.29. The van der Waals surface area contributed by atoms with Crippen molar-refractivity contribution < 1.29 is 95.4 Å². The molecule has 0 saturated carbocycles. The summed E-state index contributed by atoms with van der Waals surface area (Å²) < 4.78 is 430. The molecule has 0 radical (unpaired) electrons. The zero-order chi connectivity index (χ0) is 101. The largest absolute Gasteiger partial charge is 0.416 e. The predicted molar refractivity (Wildman–Crippen MR) is 358 cm³/mol. The smallest absolute Gasteiger partial charge is 0.336 e. The molecule has 2 aliphatic carbocycles. The van der Waals surface area contributed by atoms with Gasteiger partial charge in [-0.25, -0.2) is 8.78 Å². The summed E-state index contributed by atoms with van der Waals surface area (Å²) >= 11 is -0.339. The van der Waals surface area contributed by atoms with Crippen molar-refractivity contribution in [2.75, 3.05) is 52.2 Å². The van der Waals surface area contributed by atoms with E-state index in [0.717, 1.165) is 71.0 Å². The molecule has 502 valence electrons. The van der Waals surface area contributed by atoms with Crippen LogP contribution in [0.1, 0.15) is 153 Å². The Hall–Kier alpha value is -7.92. The minimum Gasteiger partial charge on any atom is -0.336 e. The highest BCUT2D eigenvalue weighted by molar-refractivity contribution is 7.98. The Morgan fingerprint density at radius 3 is 1.59 bits per heavy atom. The number of hydrogen-bond acceptors (Lipinski definition) is 10. The molecule has 2 heterocycles. The lowest BCUT2D eigenvalue weighted by molar-refractivity contribution is -0.138. The molecule has 6 aromatic carbocycles. The third-order valence-corrected chi connectivity index (χ3v) is 15.2. The van der Waals surface area contributed by atoms with Gasteiger partial charge >= 0.3 is 12.4 Å². The van der Waals surface area contributed by atoms with Crippen molar-refractivity contribution in [3.63, 3.8) is 0 Å². The standard InChI is InChI=1S/C37H40F4N4O2S.C36H38F4N4O2S/c1-4-43(5-2)19-20-44(22-26-9-13-28(14-10-26)29-15-18-32(25(3)21-29)37(39,40)41)34(46)23-45-33-8-6-7-31(33)35(47)42-36(45)48-24-27-11-16-30(38)17-12-27;1-3-42(4-2)20-21-43(22-25-8-12-27(13-9-25)28-14-16-29(17-15-28)36(38,39)40)33(45)23-44-32-7-5-6-31(32)34(46)41-35(44)47-24-26-10-18-30(37)19-11-26/h9-18,21H,4-8,19-20,22-24H2,1-3H3;8-19H,3-7,20-24H2,1-2H3/i4D2,5D2,6D2,7D2,8D2,9D,10D,13D,14D,15D,18D,21D,22D2,23D2,24D2;3D2,4D2,10D,11D,18D,19D,22D2,23D2,24D2. The summed E-state index contributed by atoms with van der Waals surface area (Å²) in [4.78, 5) is 65.6. The first-order valence-corrected chi connectivity index (χ1v) is 29.7.